The van der Waals surface area contributed by atoms with E-state index in [2.05, 4.69) is 31.8 Å². The zero-order valence-corrected chi connectivity index (χ0v) is 18.8. The fourth-order valence-corrected chi connectivity index (χ4v) is 3.32. The van der Waals surface area contributed by atoms with E-state index < -0.39 is 10.8 Å². The molecule has 33 heavy (non-hydrogen) atoms. The van der Waals surface area contributed by atoms with Crippen molar-refractivity contribution >= 4 is 45.3 Å². The Morgan fingerprint density at radius 2 is 1.76 bits per heavy atom. The van der Waals surface area contributed by atoms with E-state index in [1.54, 1.807) is 42.5 Å². The zero-order chi connectivity index (χ0) is 23.6. The highest BCUT2D eigenvalue weighted by Gasteiger charge is 2.15. The molecule has 0 spiro atoms. The van der Waals surface area contributed by atoms with Crippen LogP contribution in [0.2, 0.25) is 0 Å². The summed E-state index contributed by atoms with van der Waals surface area (Å²) in [6, 6.07) is 20.2. The van der Waals surface area contributed by atoms with Crippen LogP contribution in [0.1, 0.15) is 11.1 Å². The summed E-state index contributed by atoms with van der Waals surface area (Å²) >= 11 is 3.38. The van der Waals surface area contributed by atoms with Gasteiger partial charge in [-0.15, -0.1) is 0 Å². The number of nitro groups is 1. The van der Waals surface area contributed by atoms with E-state index in [1.807, 2.05) is 18.2 Å². The maximum absolute atomic E-state index is 12.1. The second-order valence-electron chi connectivity index (χ2n) is 6.75. The molecule has 0 heterocycles. The summed E-state index contributed by atoms with van der Waals surface area (Å²) in [5.41, 5.74) is 3.88. The van der Waals surface area contributed by atoms with Crippen LogP contribution >= 0.6 is 15.9 Å². The first-order chi connectivity index (χ1) is 15.9. The minimum atomic E-state index is -0.529. The molecule has 3 rings (SSSR count). The van der Waals surface area contributed by atoms with Crippen molar-refractivity contribution in [2.45, 2.75) is 6.42 Å². The molecule has 168 valence electrons. The molecule has 0 fully saturated rings. The van der Waals surface area contributed by atoms with E-state index in [1.165, 1.54) is 18.3 Å². The third kappa shape index (κ3) is 7.25. The number of nitro benzene ring substituents is 1. The van der Waals surface area contributed by atoms with Gasteiger partial charge in [-0.1, -0.05) is 36.4 Å². The Labute approximate surface area is 197 Å². The molecule has 0 aliphatic heterocycles. The molecule has 0 radical (unpaired) electrons. The highest BCUT2D eigenvalue weighted by atomic mass is 79.9. The SMILES string of the molecule is O=C(Cc1ccccc1[N+](=O)[O-])N/N=C/c1ccc(OCC(=O)Nc2ccccc2)c(Br)c1. The van der Waals surface area contributed by atoms with E-state index in [9.17, 15) is 19.7 Å². The molecule has 0 aromatic heterocycles. The van der Waals surface area contributed by atoms with Crippen molar-refractivity contribution in [3.63, 3.8) is 0 Å². The predicted octanol–water partition coefficient (Wildman–Crippen LogP) is 4.07. The molecule has 2 N–H and O–H groups in total. The number of halogens is 1. The van der Waals surface area contributed by atoms with Crippen LogP contribution in [0.25, 0.3) is 0 Å². The molecular weight excluding hydrogens is 492 g/mol. The first kappa shape index (κ1) is 23.6. The van der Waals surface area contributed by atoms with E-state index >= 15 is 0 Å². The van der Waals surface area contributed by atoms with Crippen LogP contribution < -0.4 is 15.5 Å². The summed E-state index contributed by atoms with van der Waals surface area (Å²) in [5.74, 6) is -0.306. The van der Waals surface area contributed by atoms with Crippen molar-refractivity contribution in [2.24, 2.45) is 5.10 Å². The van der Waals surface area contributed by atoms with Crippen LogP contribution in [0.5, 0.6) is 5.75 Å². The topological polar surface area (TPSA) is 123 Å². The van der Waals surface area contributed by atoms with Gasteiger partial charge in [-0.25, -0.2) is 5.43 Å². The van der Waals surface area contributed by atoms with Gasteiger partial charge in [0.2, 0.25) is 5.91 Å². The van der Waals surface area contributed by atoms with Gasteiger partial charge in [0.25, 0.3) is 11.6 Å². The van der Waals surface area contributed by atoms with Crippen molar-refractivity contribution in [3.8, 4) is 5.75 Å². The van der Waals surface area contributed by atoms with E-state index in [0.29, 0.717) is 27.0 Å². The number of benzene rings is 3. The number of rotatable bonds is 9. The highest BCUT2D eigenvalue weighted by molar-refractivity contribution is 9.10. The van der Waals surface area contributed by atoms with Crippen LogP contribution in [-0.4, -0.2) is 29.6 Å². The van der Waals surface area contributed by atoms with Crippen molar-refractivity contribution < 1.29 is 19.2 Å². The molecule has 0 atom stereocenters. The number of nitrogens with one attached hydrogen (secondary N) is 2. The lowest BCUT2D eigenvalue weighted by molar-refractivity contribution is -0.385. The van der Waals surface area contributed by atoms with Crippen LogP contribution in [0, 0.1) is 10.1 Å². The van der Waals surface area contributed by atoms with E-state index in [0.717, 1.165) is 0 Å². The Morgan fingerprint density at radius 3 is 2.48 bits per heavy atom. The van der Waals surface area contributed by atoms with Gasteiger partial charge in [0.15, 0.2) is 6.61 Å². The maximum atomic E-state index is 12.1. The Balaban J connectivity index is 1.51. The molecule has 3 aromatic rings. The number of carbonyl (C=O) groups is 2. The first-order valence-electron chi connectivity index (χ1n) is 9.74. The van der Waals surface area contributed by atoms with Gasteiger partial charge in [-0.2, -0.15) is 5.10 Å². The maximum Gasteiger partial charge on any atom is 0.273 e. The van der Waals surface area contributed by atoms with Crippen molar-refractivity contribution in [1.29, 1.82) is 0 Å². The lowest BCUT2D eigenvalue weighted by atomic mass is 10.1. The summed E-state index contributed by atoms with van der Waals surface area (Å²) in [7, 11) is 0. The molecular formula is C23H19BrN4O5. The van der Waals surface area contributed by atoms with Gasteiger partial charge < -0.3 is 10.1 Å². The van der Waals surface area contributed by atoms with Crippen LogP contribution in [0.3, 0.4) is 0 Å². The summed E-state index contributed by atoms with van der Waals surface area (Å²) in [6.07, 6.45) is 1.25. The Hall–Kier alpha value is -4.05. The molecule has 0 saturated heterocycles. The van der Waals surface area contributed by atoms with Crippen LogP contribution in [-0.2, 0) is 16.0 Å². The first-order valence-corrected chi connectivity index (χ1v) is 10.5. The standard InChI is InChI=1S/C23H19BrN4O5/c24-19-12-16(10-11-21(19)33-15-23(30)26-18-7-2-1-3-8-18)14-25-27-22(29)13-17-6-4-5-9-20(17)28(31)32/h1-12,14H,13,15H2,(H,26,30)(H,27,29)/b25-14+. The quantitative estimate of drug-likeness (QED) is 0.255. The molecule has 0 saturated carbocycles. The Bertz CT molecular complexity index is 1180. The van der Waals surface area contributed by atoms with Crippen LogP contribution in [0.4, 0.5) is 11.4 Å². The van der Waals surface area contributed by atoms with Gasteiger partial charge >= 0.3 is 0 Å². The lowest BCUT2D eigenvalue weighted by Crippen LogP contribution is -2.20. The van der Waals surface area contributed by atoms with Crippen LogP contribution in [0.15, 0.2) is 82.4 Å². The molecule has 3 aromatic carbocycles. The van der Waals surface area contributed by atoms with Gasteiger partial charge in [0.05, 0.1) is 22.0 Å². The second-order valence-corrected chi connectivity index (χ2v) is 7.60. The largest absolute Gasteiger partial charge is 0.483 e. The summed E-state index contributed by atoms with van der Waals surface area (Å²) < 4.78 is 6.14. The molecule has 2 amide bonds. The van der Waals surface area contributed by atoms with Crippen molar-refractivity contribution in [3.05, 3.63) is 98.5 Å². The Kier molecular flexibility index (Phi) is 8.25. The average molecular weight is 511 g/mol. The third-order valence-corrected chi connectivity index (χ3v) is 4.93. The molecule has 0 unspecified atom stereocenters. The number of anilines is 1. The molecule has 0 aliphatic carbocycles. The fourth-order valence-electron chi connectivity index (χ4n) is 2.81. The van der Waals surface area contributed by atoms with E-state index in [-0.39, 0.29) is 24.6 Å². The molecule has 0 bridgehead atoms. The minimum absolute atomic E-state index is 0.117. The summed E-state index contributed by atoms with van der Waals surface area (Å²) in [4.78, 5) is 34.6. The molecule has 9 nitrogen and oxygen atoms in total. The number of hydrogen-bond donors (Lipinski definition) is 2. The third-order valence-electron chi connectivity index (χ3n) is 4.31. The monoisotopic (exact) mass is 510 g/mol. The smallest absolute Gasteiger partial charge is 0.273 e. The second kappa shape index (κ2) is 11.5. The number of amides is 2. The minimum Gasteiger partial charge on any atom is -0.483 e. The average Bonchev–Trinajstić information content (AvgIpc) is 2.79. The fraction of sp³-hybridized carbons (Fsp3) is 0.0870. The number of para-hydroxylation sites is 2. The number of carbonyl (C=O) groups excluding carboxylic acids is 2. The normalized spacial score (nSPS) is 10.6. The van der Waals surface area contributed by atoms with Gasteiger partial charge in [0.1, 0.15) is 5.75 Å². The number of hydrazone groups is 1. The number of nitrogens with zero attached hydrogens (tertiary/aromatic N) is 2. The van der Waals surface area contributed by atoms with Crippen molar-refractivity contribution in [2.75, 3.05) is 11.9 Å². The predicted molar refractivity (Wildman–Crippen MR) is 127 cm³/mol. The van der Waals surface area contributed by atoms with Gasteiger partial charge in [-0.3, -0.25) is 19.7 Å². The number of hydrogen-bond acceptors (Lipinski definition) is 6. The van der Waals surface area contributed by atoms with E-state index in [4.69, 9.17) is 4.74 Å². The Morgan fingerprint density at radius 1 is 1.03 bits per heavy atom. The van der Waals surface area contributed by atoms with Gasteiger partial charge in [0, 0.05) is 17.3 Å². The highest BCUT2D eigenvalue weighted by Crippen LogP contribution is 2.25. The molecule has 10 heteroatoms. The zero-order valence-electron chi connectivity index (χ0n) is 17.2. The number of ether oxygens (including phenoxy) is 1. The summed E-state index contributed by atoms with van der Waals surface area (Å²) in [6.45, 7) is -0.164. The summed E-state index contributed by atoms with van der Waals surface area (Å²) in [5, 5.41) is 17.6. The molecule has 0 aliphatic rings. The lowest BCUT2D eigenvalue weighted by Gasteiger charge is -2.09. The van der Waals surface area contributed by atoms with Crippen molar-refractivity contribution in [1.82, 2.24) is 5.43 Å². The van der Waals surface area contributed by atoms with Gasteiger partial charge in [-0.05, 0) is 51.8 Å².